The Morgan fingerprint density at radius 1 is 1.12 bits per heavy atom. The van der Waals surface area contributed by atoms with Crippen molar-refractivity contribution in [3.63, 3.8) is 0 Å². The molecule has 4 nitrogen and oxygen atoms in total. The Balaban J connectivity index is 1.51. The molecule has 1 aromatic heterocycles. The molecule has 2 saturated carbocycles. The van der Waals surface area contributed by atoms with Gasteiger partial charge in [0, 0.05) is 17.6 Å². The molecule has 0 saturated heterocycles. The fourth-order valence-electron chi connectivity index (χ4n) is 4.82. The molecule has 2 fully saturated rings. The van der Waals surface area contributed by atoms with Crippen LogP contribution in [-0.2, 0) is 10.0 Å². The number of fused-ring (bicyclic) bond motifs is 3. The quantitative estimate of drug-likeness (QED) is 0.894. The van der Waals surface area contributed by atoms with Gasteiger partial charge in [0.15, 0.2) is 0 Å². The van der Waals surface area contributed by atoms with Crippen molar-refractivity contribution in [1.82, 2.24) is 9.71 Å². The monoisotopic (exact) mass is 358 g/mol. The number of sulfonamides is 1. The van der Waals surface area contributed by atoms with Crippen molar-refractivity contribution in [2.24, 2.45) is 17.8 Å². The van der Waals surface area contributed by atoms with Gasteiger partial charge in [0.2, 0.25) is 10.0 Å². The highest BCUT2D eigenvalue weighted by molar-refractivity contribution is 7.89. The maximum Gasteiger partial charge on any atom is 0.240 e. The number of benzene rings is 1. The lowest BCUT2D eigenvalue weighted by molar-refractivity contribution is 0.122. The summed E-state index contributed by atoms with van der Waals surface area (Å²) in [7, 11) is -3.50. The second-order valence-electron chi connectivity index (χ2n) is 7.90. The number of rotatable bonds is 4. The zero-order valence-electron chi connectivity index (χ0n) is 14.7. The first-order chi connectivity index (χ1) is 12.0. The maximum absolute atomic E-state index is 12.8. The molecule has 0 aliphatic heterocycles. The van der Waals surface area contributed by atoms with E-state index < -0.39 is 10.0 Å². The molecule has 134 valence electrons. The second kappa shape index (κ2) is 6.69. The van der Waals surface area contributed by atoms with Gasteiger partial charge < -0.3 is 0 Å². The van der Waals surface area contributed by atoms with Gasteiger partial charge in [0.25, 0.3) is 0 Å². The van der Waals surface area contributed by atoms with E-state index in [2.05, 4.69) is 9.71 Å². The average molecular weight is 359 g/mol. The van der Waals surface area contributed by atoms with Crippen molar-refractivity contribution in [3.8, 4) is 0 Å². The van der Waals surface area contributed by atoms with E-state index >= 15 is 0 Å². The molecule has 1 aromatic carbocycles. The fraction of sp³-hybridized carbons (Fsp3) is 0.550. The molecule has 2 aliphatic carbocycles. The first-order valence-corrected chi connectivity index (χ1v) is 10.9. The molecule has 3 unspecified atom stereocenters. The van der Waals surface area contributed by atoms with E-state index in [1.165, 1.54) is 38.5 Å². The molecule has 1 heterocycles. The Labute approximate surface area is 150 Å². The highest BCUT2D eigenvalue weighted by atomic mass is 32.2. The standard InChI is InChI=1S/C20H26N2O2S/c1-14(18-11-15-4-2-5-16(10-15)12-18)22-25(23,24)19-7-8-20-17(13-19)6-3-9-21-20/h3,6-9,13-16,18,22H,2,4-5,10-12H2,1H3. The van der Waals surface area contributed by atoms with Crippen molar-refractivity contribution < 1.29 is 8.42 Å². The Bertz CT molecular complexity index is 853. The molecule has 2 aromatic rings. The largest absolute Gasteiger partial charge is 0.256 e. The minimum Gasteiger partial charge on any atom is -0.256 e. The third kappa shape index (κ3) is 3.58. The molecule has 25 heavy (non-hydrogen) atoms. The molecule has 0 amide bonds. The fourth-order valence-corrected chi connectivity index (χ4v) is 6.17. The molecule has 2 aliphatic rings. The van der Waals surface area contributed by atoms with Gasteiger partial charge in [-0.05, 0) is 68.2 Å². The van der Waals surface area contributed by atoms with Crippen LogP contribution in [-0.4, -0.2) is 19.4 Å². The SMILES string of the molecule is CC(NS(=O)(=O)c1ccc2ncccc2c1)C1CC2CCCC(C2)C1. The molecule has 3 atom stereocenters. The molecule has 2 bridgehead atoms. The van der Waals surface area contributed by atoms with E-state index in [4.69, 9.17) is 0 Å². The van der Waals surface area contributed by atoms with Crippen molar-refractivity contribution in [1.29, 1.82) is 0 Å². The summed E-state index contributed by atoms with van der Waals surface area (Å²) in [6.07, 6.45) is 9.41. The summed E-state index contributed by atoms with van der Waals surface area (Å²) >= 11 is 0. The lowest BCUT2D eigenvalue weighted by Gasteiger charge is -2.41. The minimum atomic E-state index is -3.50. The van der Waals surface area contributed by atoms with Crippen LogP contribution < -0.4 is 4.72 Å². The number of nitrogens with zero attached hydrogens (tertiary/aromatic N) is 1. The van der Waals surface area contributed by atoms with Gasteiger partial charge in [0.05, 0.1) is 10.4 Å². The summed E-state index contributed by atoms with van der Waals surface area (Å²) in [5, 5.41) is 0.852. The van der Waals surface area contributed by atoms with E-state index in [0.717, 1.165) is 22.7 Å². The molecule has 0 spiro atoms. The zero-order chi connectivity index (χ0) is 17.4. The number of nitrogens with one attached hydrogen (secondary N) is 1. The maximum atomic E-state index is 12.8. The van der Waals surface area contributed by atoms with E-state index in [-0.39, 0.29) is 6.04 Å². The van der Waals surface area contributed by atoms with Crippen molar-refractivity contribution in [2.75, 3.05) is 0 Å². The van der Waals surface area contributed by atoms with Crippen LogP contribution in [0.3, 0.4) is 0 Å². The van der Waals surface area contributed by atoms with Crippen LogP contribution in [0.1, 0.15) is 45.4 Å². The molecular formula is C20H26N2O2S. The van der Waals surface area contributed by atoms with Crippen molar-refractivity contribution in [2.45, 2.75) is 56.4 Å². The lowest BCUT2D eigenvalue weighted by Crippen LogP contribution is -2.42. The lowest BCUT2D eigenvalue weighted by atomic mass is 9.66. The number of pyridine rings is 1. The Hall–Kier alpha value is -1.46. The Kier molecular flexibility index (Phi) is 4.54. The molecule has 0 radical (unpaired) electrons. The third-order valence-corrected chi connectivity index (χ3v) is 7.65. The number of hydrogen-bond acceptors (Lipinski definition) is 3. The summed E-state index contributed by atoms with van der Waals surface area (Å²) in [6.45, 7) is 2.03. The van der Waals surface area contributed by atoms with Gasteiger partial charge in [-0.15, -0.1) is 0 Å². The highest BCUT2D eigenvalue weighted by Gasteiger charge is 2.35. The number of hydrogen-bond donors (Lipinski definition) is 1. The Morgan fingerprint density at radius 2 is 1.88 bits per heavy atom. The molecule has 1 N–H and O–H groups in total. The van der Waals surface area contributed by atoms with E-state index in [1.807, 2.05) is 19.1 Å². The minimum absolute atomic E-state index is 0.0157. The van der Waals surface area contributed by atoms with Crippen LogP contribution in [0.15, 0.2) is 41.4 Å². The van der Waals surface area contributed by atoms with E-state index in [0.29, 0.717) is 10.8 Å². The predicted octanol–water partition coefficient (Wildman–Crippen LogP) is 4.12. The van der Waals surface area contributed by atoms with Crippen molar-refractivity contribution >= 4 is 20.9 Å². The summed E-state index contributed by atoms with van der Waals surface area (Å²) < 4.78 is 28.6. The van der Waals surface area contributed by atoms with Gasteiger partial charge in [-0.2, -0.15) is 0 Å². The van der Waals surface area contributed by atoms with Crippen molar-refractivity contribution in [3.05, 3.63) is 36.5 Å². The van der Waals surface area contributed by atoms with Crippen LogP contribution in [0, 0.1) is 17.8 Å². The van der Waals surface area contributed by atoms with E-state index in [1.54, 1.807) is 24.4 Å². The van der Waals surface area contributed by atoms with Gasteiger partial charge >= 0.3 is 0 Å². The van der Waals surface area contributed by atoms with Gasteiger partial charge in [-0.25, -0.2) is 13.1 Å². The summed E-state index contributed by atoms with van der Waals surface area (Å²) in [6, 6.07) is 8.85. The molecule has 5 heteroatoms. The van der Waals surface area contributed by atoms with Crippen LogP contribution >= 0.6 is 0 Å². The first-order valence-electron chi connectivity index (χ1n) is 9.38. The summed E-state index contributed by atoms with van der Waals surface area (Å²) in [5.41, 5.74) is 0.814. The first kappa shape index (κ1) is 17.0. The van der Waals surface area contributed by atoms with Gasteiger partial charge in [-0.1, -0.05) is 25.3 Å². The number of aromatic nitrogens is 1. The molecule has 4 rings (SSSR count). The summed E-state index contributed by atoms with van der Waals surface area (Å²) in [5.74, 6) is 2.06. The topological polar surface area (TPSA) is 59.1 Å². The normalized spacial score (nSPS) is 28.0. The van der Waals surface area contributed by atoms with Crippen LogP contribution in [0.5, 0.6) is 0 Å². The van der Waals surface area contributed by atoms with Gasteiger partial charge in [-0.3, -0.25) is 4.98 Å². The summed E-state index contributed by atoms with van der Waals surface area (Å²) in [4.78, 5) is 4.59. The Morgan fingerprint density at radius 3 is 2.64 bits per heavy atom. The highest BCUT2D eigenvalue weighted by Crippen LogP contribution is 2.43. The second-order valence-corrected chi connectivity index (χ2v) is 9.61. The van der Waals surface area contributed by atoms with Crippen LogP contribution in [0.2, 0.25) is 0 Å². The predicted molar refractivity (Wildman–Crippen MR) is 99.7 cm³/mol. The van der Waals surface area contributed by atoms with Crippen LogP contribution in [0.25, 0.3) is 10.9 Å². The van der Waals surface area contributed by atoms with Gasteiger partial charge in [0.1, 0.15) is 0 Å². The third-order valence-electron chi connectivity index (χ3n) is 6.10. The average Bonchev–Trinajstić information content (AvgIpc) is 2.60. The van der Waals surface area contributed by atoms with Crippen LogP contribution in [0.4, 0.5) is 0 Å². The smallest absolute Gasteiger partial charge is 0.240 e. The molecular weight excluding hydrogens is 332 g/mol. The zero-order valence-corrected chi connectivity index (χ0v) is 15.5. The van der Waals surface area contributed by atoms with E-state index in [9.17, 15) is 8.42 Å².